The first-order valence-corrected chi connectivity index (χ1v) is 7.37. The topological polar surface area (TPSA) is 59.6 Å². The van der Waals surface area contributed by atoms with E-state index in [1.165, 1.54) is 0 Å². The predicted octanol–water partition coefficient (Wildman–Crippen LogP) is 1.71. The maximum atomic E-state index is 12.3. The molecule has 0 aromatic heterocycles. The van der Waals surface area contributed by atoms with Gasteiger partial charge in [0.15, 0.2) is 11.5 Å². The molecule has 0 aliphatic carbocycles. The summed E-state index contributed by atoms with van der Waals surface area (Å²) in [5.41, 5.74) is 0.998. The van der Waals surface area contributed by atoms with Gasteiger partial charge in [-0.15, -0.1) is 0 Å². The Morgan fingerprint density at radius 1 is 1.33 bits per heavy atom. The average molecular weight is 292 g/mol. The Morgan fingerprint density at radius 2 is 2.10 bits per heavy atom. The van der Waals surface area contributed by atoms with Gasteiger partial charge in [-0.05, 0) is 44.0 Å². The second-order valence-corrected chi connectivity index (χ2v) is 5.40. The zero-order valence-electron chi connectivity index (χ0n) is 12.9. The highest BCUT2D eigenvalue weighted by Crippen LogP contribution is 2.27. The highest BCUT2D eigenvalue weighted by Gasteiger charge is 2.27. The van der Waals surface area contributed by atoms with E-state index in [2.05, 4.69) is 17.6 Å². The van der Waals surface area contributed by atoms with Crippen molar-refractivity contribution in [1.29, 1.82) is 0 Å². The van der Waals surface area contributed by atoms with Gasteiger partial charge in [0.1, 0.15) is 0 Å². The fraction of sp³-hybridized carbons (Fsp3) is 0.562. The number of carbonyl (C=O) groups is 1. The number of amides is 1. The maximum Gasteiger partial charge on any atom is 0.224 e. The van der Waals surface area contributed by atoms with Crippen molar-refractivity contribution in [2.45, 2.75) is 32.4 Å². The van der Waals surface area contributed by atoms with Crippen LogP contribution in [0.15, 0.2) is 18.2 Å². The first-order valence-electron chi connectivity index (χ1n) is 7.37. The minimum absolute atomic E-state index is 0.0545. The summed E-state index contributed by atoms with van der Waals surface area (Å²) in [6.07, 6.45) is 2.00. The molecule has 2 atom stereocenters. The summed E-state index contributed by atoms with van der Waals surface area (Å²) in [7, 11) is 3.21. The van der Waals surface area contributed by atoms with E-state index in [1.807, 2.05) is 18.2 Å². The fourth-order valence-corrected chi connectivity index (χ4v) is 2.71. The third kappa shape index (κ3) is 3.88. The molecule has 1 aromatic rings. The molecule has 2 unspecified atom stereocenters. The van der Waals surface area contributed by atoms with Gasteiger partial charge in [0.2, 0.25) is 5.91 Å². The van der Waals surface area contributed by atoms with Gasteiger partial charge in [-0.2, -0.15) is 0 Å². The Labute approximate surface area is 126 Å². The second kappa shape index (κ2) is 7.31. The lowest BCUT2D eigenvalue weighted by molar-refractivity contribution is -0.126. The zero-order valence-corrected chi connectivity index (χ0v) is 12.9. The number of nitrogens with one attached hydrogen (secondary N) is 2. The molecule has 116 valence electrons. The largest absolute Gasteiger partial charge is 0.493 e. The van der Waals surface area contributed by atoms with E-state index in [1.54, 1.807) is 14.2 Å². The quantitative estimate of drug-likeness (QED) is 0.867. The summed E-state index contributed by atoms with van der Waals surface area (Å²) >= 11 is 0. The standard InChI is InChI=1S/C16H24N2O3/c1-11-13(5-4-8-17-11)16(19)18-10-12-6-7-14(20-2)15(9-12)21-3/h6-7,9,11,13,17H,4-5,8,10H2,1-3H3,(H,18,19). The van der Waals surface area contributed by atoms with Crippen molar-refractivity contribution in [1.82, 2.24) is 10.6 Å². The van der Waals surface area contributed by atoms with Gasteiger partial charge in [0.25, 0.3) is 0 Å². The molecule has 2 N–H and O–H groups in total. The van der Waals surface area contributed by atoms with Crippen LogP contribution < -0.4 is 20.1 Å². The van der Waals surface area contributed by atoms with Crippen molar-refractivity contribution in [3.05, 3.63) is 23.8 Å². The summed E-state index contributed by atoms with van der Waals surface area (Å²) in [6, 6.07) is 5.92. The van der Waals surface area contributed by atoms with Gasteiger partial charge in [-0.1, -0.05) is 6.07 Å². The van der Waals surface area contributed by atoms with E-state index in [-0.39, 0.29) is 17.9 Å². The van der Waals surface area contributed by atoms with Crippen molar-refractivity contribution in [3.8, 4) is 11.5 Å². The Hall–Kier alpha value is -1.75. The molecular weight excluding hydrogens is 268 g/mol. The highest BCUT2D eigenvalue weighted by molar-refractivity contribution is 5.79. The molecule has 1 aliphatic rings. The average Bonchev–Trinajstić information content (AvgIpc) is 2.52. The fourth-order valence-electron chi connectivity index (χ4n) is 2.71. The third-order valence-corrected chi connectivity index (χ3v) is 4.01. The Morgan fingerprint density at radius 3 is 2.76 bits per heavy atom. The van der Waals surface area contributed by atoms with Gasteiger partial charge in [-0.3, -0.25) is 4.79 Å². The van der Waals surface area contributed by atoms with Crippen LogP contribution in [0, 0.1) is 5.92 Å². The molecule has 1 aromatic carbocycles. The molecule has 1 saturated heterocycles. The number of carbonyl (C=O) groups excluding carboxylic acids is 1. The molecular formula is C16H24N2O3. The molecule has 2 rings (SSSR count). The monoisotopic (exact) mass is 292 g/mol. The van der Waals surface area contributed by atoms with Crippen LogP contribution in [0.2, 0.25) is 0 Å². The normalized spacial score (nSPS) is 21.7. The van der Waals surface area contributed by atoms with Gasteiger partial charge in [0, 0.05) is 12.6 Å². The van der Waals surface area contributed by atoms with Gasteiger partial charge in [0.05, 0.1) is 20.1 Å². The van der Waals surface area contributed by atoms with Crippen LogP contribution in [-0.4, -0.2) is 32.7 Å². The predicted molar refractivity (Wildman–Crippen MR) is 81.6 cm³/mol. The summed E-state index contributed by atoms with van der Waals surface area (Å²) in [5, 5.41) is 6.36. The number of methoxy groups -OCH3 is 2. The number of ether oxygens (including phenoxy) is 2. The van der Waals surface area contributed by atoms with Crippen LogP contribution >= 0.6 is 0 Å². The molecule has 0 bridgehead atoms. The maximum absolute atomic E-state index is 12.3. The smallest absolute Gasteiger partial charge is 0.224 e. The van der Waals surface area contributed by atoms with E-state index >= 15 is 0 Å². The second-order valence-electron chi connectivity index (χ2n) is 5.40. The number of hydrogen-bond acceptors (Lipinski definition) is 4. The van der Waals surface area contributed by atoms with E-state index in [4.69, 9.17) is 9.47 Å². The minimum Gasteiger partial charge on any atom is -0.493 e. The van der Waals surface area contributed by atoms with Crippen molar-refractivity contribution in [2.75, 3.05) is 20.8 Å². The molecule has 0 saturated carbocycles. The van der Waals surface area contributed by atoms with Gasteiger partial charge in [-0.25, -0.2) is 0 Å². The van der Waals surface area contributed by atoms with Gasteiger partial charge < -0.3 is 20.1 Å². The Bertz CT molecular complexity index is 490. The minimum atomic E-state index is 0.0545. The van der Waals surface area contributed by atoms with Crippen molar-refractivity contribution in [2.24, 2.45) is 5.92 Å². The van der Waals surface area contributed by atoms with Crippen LogP contribution in [0.5, 0.6) is 11.5 Å². The van der Waals surface area contributed by atoms with Crippen LogP contribution in [-0.2, 0) is 11.3 Å². The van der Waals surface area contributed by atoms with Gasteiger partial charge >= 0.3 is 0 Å². The summed E-state index contributed by atoms with van der Waals surface area (Å²) in [4.78, 5) is 12.3. The van der Waals surface area contributed by atoms with Crippen LogP contribution in [0.3, 0.4) is 0 Å². The zero-order chi connectivity index (χ0) is 15.2. The van der Waals surface area contributed by atoms with E-state index in [0.29, 0.717) is 18.0 Å². The Kier molecular flexibility index (Phi) is 5.44. The third-order valence-electron chi connectivity index (χ3n) is 4.01. The molecule has 1 amide bonds. The lowest BCUT2D eigenvalue weighted by Gasteiger charge is -2.28. The molecule has 5 heteroatoms. The highest BCUT2D eigenvalue weighted by atomic mass is 16.5. The number of hydrogen-bond donors (Lipinski definition) is 2. The molecule has 1 fully saturated rings. The summed E-state index contributed by atoms with van der Waals surface area (Å²) in [5.74, 6) is 1.54. The van der Waals surface area contributed by atoms with Crippen molar-refractivity contribution >= 4 is 5.91 Å². The summed E-state index contributed by atoms with van der Waals surface area (Å²) in [6.45, 7) is 3.57. The lowest BCUT2D eigenvalue weighted by Crippen LogP contribution is -2.46. The van der Waals surface area contributed by atoms with Crippen molar-refractivity contribution in [3.63, 3.8) is 0 Å². The van der Waals surface area contributed by atoms with E-state index in [0.717, 1.165) is 24.9 Å². The van der Waals surface area contributed by atoms with Crippen LogP contribution in [0.1, 0.15) is 25.3 Å². The SMILES string of the molecule is COc1ccc(CNC(=O)C2CCCNC2C)cc1OC. The first kappa shape index (κ1) is 15.6. The molecule has 5 nitrogen and oxygen atoms in total. The van der Waals surface area contributed by atoms with Crippen molar-refractivity contribution < 1.29 is 14.3 Å². The molecule has 21 heavy (non-hydrogen) atoms. The Balaban J connectivity index is 1.94. The van der Waals surface area contributed by atoms with Crippen LogP contribution in [0.25, 0.3) is 0 Å². The molecule has 1 aliphatic heterocycles. The van der Waals surface area contributed by atoms with Crippen LogP contribution in [0.4, 0.5) is 0 Å². The number of rotatable bonds is 5. The lowest BCUT2D eigenvalue weighted by atomic mass is 9.91. The molecule has 0 spiro atoms. The molecule has 0 radical (unpaired) electrons. The molecule has 1 heterocycles. The first-order chi connectivity index (χ1) is 10.2. The summed E-state index contributed by atoms with van der Waals surface area (Å²) < 4.78 is 10.5. The number of piperidine rings is 1. The number of benzene rings is 1. The van der Waals surface area contributed by atoms with E-state index < -0.39 is 0 Å². The van der Waals surface area contributed by atoms with E-state index in [9.17, 15) is 4.79 Å².